The highest BCUT2D eigenvalue weighted by Gasteiger charge is 2.16. The molecule has 0 unspecified atom stereocenters. The lowest BCUT2D eigenvalue weighted by atomic mass is 10.2. The van der Waals surface area contributed by atoms with Crippen molar-refractivity contribution >= 4 is 29.9 Å². The molecule has 1 aromatic heterocycles. The van der Waals surface area contributed by atoms with Crippen LogP contribution in [0.5, 0.6) is 5.75 Å². The molecule has 27 heavy (non-hydrogen) atoms. The summed E-state index contributed by atoms with van der Waals surface area (Å²) < 4.78 is 31.6. The molecule has 2 N–H and O–H groups in total. The van der Waals surface area contributed by atoms with E-state index in [-0.39, 0.29) is 29.7 Å². The molecule has 0 bridgehead atoms. The third-order valence-electron chi connectivity index (χ3n) is 4.21. The van der Waals surface area contributed by atoms with E-state index >= 15 is 0 Å². The molecule has 0 atom stereocenters. The van der Waals surface area contributed by atoms with Gasteiger partial charge in [0, 0.05) is 32.1 Å². The molecule has 10 heteroatoms. The van der Waals surface area contributed by atoms with Crippen LogP contribution in [0.25, 0.3) is 0 Å². The highest BCUT2D eigenvalue weighted by Crippen LogP contribution is 2.20. The van der Waals surface area contributed by atoms with Crippen molar-refractivity contribution in [2.24, 2.45) is 4.99 Å². The first kappa shape index (κ1) is 21.3. The summed E-state index contributed by atoms with van der Waals surface area (Å²) in [5, 5.41) is 14.7. The van der Waals surface area contributed by atoms with Gasteiger partial charge in [-0.2, -0.15) is 8.78 Å². The molecule has 0 radical (unpaired) electrons. The van der Waals surface area contributed by atoms with Crippen LogP contribution in [0, 0.1) is 0 Å². The Morgan fingerprint density at radius 3 is 2.78 bits per heavy atom. The third kappa shape index (κ3) is 5.75. The fourth-order valence-corrected chi connectivity index (χ4v) is 2.92. The molecule has 148 valence electrons. The Balaban J connectivity index is 0.00000261. The van der Waals surface area contributed by atoms with Gasteiger partial charge in [0.1, 0.15) is 11.6 Å². The zero-order valence-corrected chi connectivity index (χ0v) is 17.3. The molecule has 2 aromatic rings. The maximum atomic E-state index is 12.5. The van der Waals surface area contributed by atoms with Crippen LogP contribution in [0.15, 0.2) is 29.3 Å². The van der Waals surface area contributed by atoms with Crippen molar-refractivity contribution < 1.29 is 13.5 Å². The van der Waals surface area contributed by atoms with E-state index in [4.69, 9.17) is 0 Å². The Bertz CT molecular complexity index is 768. The molecule has 0 aliphatic carbocycles. The number of aryl methyl sites for hydroxylation is 1. The second-order valence-corrected chi connectivity index (χ2v) is 5.91. The van der Waals surface area contributed by atoms with Crippen molar-refractivity contribution in [1.82, 2.24) is 25.4 Å². The Hall–Kier alpha value is -1.98. The molecule has 1 aromatic carbocycles. The van der Waals surface area contributed by atoms with Gasteiger partial charge in [-0.3, -0.25) is 4.99 Å². The average molecular weight is 492 g/mol. The van der Waals surface area contributed by atoms with E-state index in [1.165, 1.54) is 6.07 Å². The number of aromatic nitrogens is 3. The zero-order chi connectivity index (χ0) is 18.4. The maximum absolute atomic E-state index is 12.5. The van der Waals surface area contributed by atoms with Crippen LogP contribution in [-0.2, 0) is 26.1 Å². The lowest BCUT2D eigenvalue weighted by Gasteiger charge is -2.16. The van der Waals surface area contributed by atoms with Gasteiger partial charge in [0.05, 0.1) is 6.54 Å². The molecule has 0 fully saturated rings. The van der Waals surface area contributed by atoms with Gasteiger partial charge in [0.25, 0.3) is 0 Å². The summed E-state index contributed by atoms with van der Waals surface area (Å²) in [6, 6.07) is 6.67. The Morgan fingerprint density at radius 2 is 2.00 bits per heavy atom. The monoisotopic (exact) mass is 492 g/mol. The van der Waals surface area contributed by atoms with E-state index < -0.39 is 6.61 Å². The first-order chi connectivity index (χ1) is 12.7. The quantitative estimate of drug-likeness (QED) is 0.369. The minimum absolute atomic E-state index is 0. The molecule has 3 rings (SSSR count). The van der Waals surface area contributed by atoms with Crippen molar-refractivity contribution in [2.45, 2.75) is 45.5 Å². The molecule has 1 aliphatic heterocycles. The normalized spacial score (nSPS) is 13.7. The number of nitrogens with zero attached hydrogens (tertiary/aromatic N) is 4. The van der Waals surface area contributed by atoms with E-state index in [1.54, 1.807) is 25.2 Å². The first-order valence-electron chi connectivity index (χ1n) is 8.55. The van der Waals surface area contributed by atoms with Crippen molar-refractivity contribution in [2.75, 3.05) is 7.05 Å². The summed E-state index contributed by atoms with van der Waals surface area (Å²) >= 11 is 0. The van der Waals surface area contributed by atoms with Crippen LogP contribution in [0.1, 0.15) is 30.1 Å². The van der Waals surface area contributed by atoms with Gasteiger partial charge in [-0.05, 0) is 18.9 Å². The minimum Gasteiger partial charge on any atom is -0.434 e. The van der Waals surface area contributed by atoms with E-state index in [0.29, 0.717) is 24.6 Å². The molecule has 1 aliphatic rings. The highest BCUT2D eigenvalue weighted by atomic mass is 127. The third-order valence-corrected chi connectivity index (χ3v) is 4.21. The standard InChI is InChI=1S/C17H22F2N6O.HI/c1-20-17(21-10-12-6-2-3-7-13(12)26-16(18)19)22-11-15-24-23-14-8-4-5-9-25(14)15;/h2-3,6-7,16H,4-5,8-11H2,1H3,(H2,20,21,22);1H. The smallest absolute Gasteiger partial charge is 0.387 e. The SMILES string of the molecule is CN=C(NCc1ccccc1OC(F)F)NCc1nnc2n1CCCC2.I. The summed E-state index contributed by atoms with van der Waals surface area (Å²) in [6.45, 7) is -1.13. The van der Waals surface area contributed by atoms with Crippen molar-refractivity contribution in [3.8, 4) is 5.75 Å². The Morgan fingerprint density at radius 1 is 1.22 bits per heavy atom. The van der Waals surface area contributed by atoms with Gasteiger partial charge >= 0.3 is 6.61 Å². The largest absolute Gasteiger partial charge is 0.434 e. The molecule has 0 saturated carbocycles. The zero-order valence-electron chi connectivity index (χ0n) is 15.0. The van der Waals surface area contributed by atoms with Gasteiger partial charge in [-0.25, -0.2) is 0 Å². The van der Waals surface area contributed by atoms with Gasteiger partial charge in [-0.15, -0.1) is 34.2 Å². The van der Waals surface area contributed by atoms with Gasteiger partial charge in [-0.1, -0.05) is 18.2 Å². The summed E-state index contributed by atoms with van der Waals surface area (Å²) in [5.74, 6) is 2.58. The number of rotatable bonds is 6. The number of guanidine groups is 1. The number of alkyl halides is 2. The lowest BCUT2D eigenvalue weighted by Crippen LogP contribution is -2.37. The number of nitrogens with one attached hydrogen (secondary N) is 2. The van der Waals surface area contributed by atoms with Crippen LogP contribution in [0.4, 0.5) is 8.78 Å². The predicted molar refractivity (Wildman–Crippen MR) is 108 cm³/mol. The second-order valence-electron chi connectivity index (χ2n) is 5.91. The number of ether oxygens (including phenoxy) is 1. The van der Waals surface area contributed by atoms with Crippen LogP contribution >= 0.6 is 24.0 Å². The molecule has 0 amide bonds. The second kappa shape index (κ2) is 10.4. The lowest BCUT2D eigenvalue weighted by molar-refractivity contribution is -0.0504. The van der Waals surface area contributed by atoms with Crippen molar-refractivity contribution in [3.63, 3.8) is 0 Å². The molecule has 0 saturated heterocycles. The number of hydrogen-bond donors (Lipinski definition) is 2. The maximum Gasteiger partial charge on any atom is 0.387 e. The fraction of sp³-hybridized carbons (Fsp3) is 0.471. The van der Waals surface area contributed by atoms with Gasteiger partial charge in [0.2, 0.25) is 0 Å². The molecular weight excluding hydrogens is 469 g/mol. The number of para-hydroxylation sites is 1. The number of aliphatic imine (C=N–C) groups is 1. The van der Waals surface area contributed by atoms with Crippen LogP contribution < -0.4 is 15.4 Å². The molecule has 7 nitrogen and oxygen atoms in total. The Kier molecular flexibility index (Phi) is 8.20. The van der Waals surface area contributed by atoms with Crippen molar-refractivity contribution in [3.05, 3.63) is 41.5 Å². The van der Waals surface area contributed by atoms with E-state index in [9.17, 15) is 8.78 Å². The van der Waals surface area contributed by atoms with Crippen LogP contribution in [-0.4, -0.2) is 34.4 Å². The van der Waals surface area contributed by atoms with Gasteiger partial charge in [0.15, 0.2) is 11.8 Å². The summed E-state index contributed by atoms with van der Waals surface area (Å²) in [6.07, 6.45) is 3.24. The topological polar surface area (TPSA) is 76.4 Å². The number of benzene rings is 1. The average Bonchev–Trinajstić information content (AvgIpc) is 3.06. The summed E-state index contributed by atoms with van der Waals surface area (Å²) in [4.78, 5) is 4.15. The van der Waals surface area contributed by atoms with Crippen molar-refractivity contribution in [1.29, 1.82) is 0 Å². The minimum atomic E-state index is -2.85. The molecular formula is C17H23F2IN6O. The Labute approximate surface area is 173 Å². The predicted octanol–water partition coefficient (Wildman–Crippen LogP) is 2.70. The summed E-state index contributed by atoms with van der Waals surface area (Å²) in [7, 11) is 1.65. The first-order valence-corrected chi connectivity index (χ1v) is 8.55. The highest BCUT2D eigenvalue weighted by molar-refractivity contribution is 14.0. The van der Waals surface area contributed by atoms with Crippen LogP contribution in [0.3, 0.4) is 0 Å². The van der Waals surface area contributed by atoms with Gasteiger partial charge < -0.3 is 19.9 Å². The van der Waals surface area contributed by atoms with E-state index in [1.807, 2.05) is 0 Å². The fourth-order valence-electron chi connectivity index (χ4n) is 2.92. The molecule has 2 heterocycles. The number of fused-ring (bicyclic) bond motifs is 1. The van der Waals surface area contributed by atoms with Crippen LogP contribution in [0.2, 0.25) is 0 Å². The number of halogens is 3. The van der Waals surface area contributed by atoms with E-state index in [2.05, 4.69) is 35.1 Å². The number of hydrogen-bond acceptors (Lipinski definition) is 4. The van der Waals surface area contributed by atoms with E-state index in [0.717, 1.165) is 37.5 Å². The summed E-state index contributed by atoms with van der Waals surface area (Å²) in [5.41, 5.74) is 0.621. The molecule has 0 spiro atoms.